The minimum atomic E-state index is -2.28. The smallest absolute Gasteiger partial charge is 0.327 e. The molecule has 61 nitrogen and oxygen atoms in total. The lowest BCUT2D eigenvalue weighted by Crippen LogP contribution is -2.60. The molecule has 62 heteroatoms. The van der Waals surface area contributed by atoms with Gasteiger partial charge < -0.3 is 204 Å². The number of aliphatic hydroxyl groups excluding tert-OH is 19. The summed E-state index contributed by atoms with van der Waals surface area (Å²) in [5.41, 5.74) is 11.4. The molecular weight excluding hydrogens is 1950 g/mol. The molecular formula is C82H132N22O39S. The van der Waals surface area contributed by atoms with Crippen molar-refractivity contribution in [3.63, 3.8) is 0 Å². The molecule has 13 amide bonds. The van der Waals surface area contributed by atoms with Gasteiger partial charge in [0.1, 0.15) is 103 Å². The summed E-state index contributed by atoms with van der Waals surface area (Å²) in [5, 5.41) is 263. The molecule has 43 N–H and O–H groups in total. The van der Waals surface area contributed by atoms with Gasteiger partial charge in [-0.25, -0.2) is 14.8 Å². The van der Waals surface area contributed by atoms with Crippen molar-refractivity contribution in [2.45, 2.75) is 269 Å². The zero-order valence-corrected chi connectivity index (χ0v) is 78.7. The molecule has 0 saturated carbocycles. The lowest BCUT2D eigenvalue weighted by Gasteiger charge is -2.28. The third-order valence-electron chi connectivity index (χ3n) is 21.6. The number of aliphatic hydroxyl groups is 19. The minimum Gasteiger partial charge on any atom is -0.481 e. The number of benzene rings is 1. The number of H-pyrrole nitrogens is 1. The van der Waals surface area contributed by atoms with Gasteiger partial charge in [-0.15, -0.1) is 0 Å². The Balaban J connectivity index is 2.22. The molecule has 3 aromatic rings. The van der Waals surface area contributed by atoms with Crippen LogP contribution < -0.4 is 96.8 Å². The number of thiol groups is 1. The highest BCUT2D eigenvalue weighted by molar-refractivity contribution is 7.80. The van der Waals surface area contributed by atoms with Crippen LogP contribution in [-0.2, 0) is 78.5 Å². The van der Waals surface area contributed by atoms with E-state index in [0.29, 0.717) is 11.4 Å². The van der Waals surface area contributed by atoms with Gasteiger partial charge in [0.15, 0.2) is 17.1 Å². The summed E-state index contributed by atoms with van der Waals surface area (Å²) in [6, 6.07) is -11.8. The second-order valence-electron chi connectivity index (χ2n) is 33.2. The van der Waals surface area contributed by atoms with E-state index in [1.807, 2.05) is 5.32 Å². The summed E-state index contributed by atoms with van der Waals surface area (Å²) in [7, 11) is 0. The largest absolute Gasteiger partial charge is 0.481 e. The molecule has 3 rings (SSSR count). The Kier molecular flexibility index (Phi) is 56.6. The number of rotatable bonds is 71. The topological polar surface area (TPSA) is 1050 Å². The van der Waals surface area contributed by atoms with Crippen LogP contribution in [0.25, 0.3) is 11.2 Å². The Bertz CT molecular complexity index is 4760. The second-order valence-corrected chi connectivity index (χ2v) is 33.6. The third kappa shape index (κ3) is 46.0. The maximum atomic E-state index is 15.2. The number of amides is 13. The van der Waals surface area contributed by atoms with Crippen LogP contribution in [0, 0.1) is 5.41 Å². The Labute approximate surface area is 824 Å². The zero-order valence-electron chi connectivity index (χ0n) is 77.8. The Hall–Kier alpha value is -12.6. The average molecular weight is 2080 g/mol. The third-order valence-corrected chi connectivity index (χ3v) is 22.0. The predicted octanol–water partition coefficient (Wildman–Crippen LogP) is -18.0. The van der Waals surface area contributed by atoms with Crippen LogP contribution >= 0.6 is 12.6 Å². The summed E-state index contributed by atoms with van der Waals surface area (Å²) >= 11 is 3.89. The zero-order chi connectivity index (χ0) is 108. The van der Waals surface area contributed by atoms with Crippen molar-refractivity contribution in [2.75, 3.05) is 76.0 Å². The van der Waals surface area contributed by atoms with Crippen molar-refractivity contribution in [3.8, 4) is 0 Å². The maximum absolute atomic E-state index is 15.2. The van der Waals surface area contributed by atoms with Crippen molar-refractivity contribution in [3.05, 3.63) is 52.1 Å². The van der Waals surface area contributed by atoms with Crippen LogP contribution in [0.4, 0.5) is 11.6 Å². The van der Waals surface area contributed by atoms with Gasteiger partial charge in [-0.1, -0.05) is 0 Å². The van der Waals surface area contributed by atoms with Crippen LogP contribution in [0.1, 0.15) is 132 Å². The fourth-order valence-electron chi connectivity index (χ4n) is 13.0. The van der Waals surface area contributed by atoms with Crippen LogP contribution in [0.5, 0.6) is 0 Å². The van der Waals surface area contributed by atoms with Crippen molar-refractivity contribution in [1.82, 2.24) is 94.4 Å². The molecule has 2 heterocycles. The van der Waals surface area contributed by atoms with E-state index in [0.717, 1.165) is 0 Å². The van der Waals surface area contributed by atoms with Crippen molar-refractivity contribution >= 4 is 136 Å². The lowest BCUT2D eigenvalue weighted by atomic mass is 10.0. The molecule has 24 atom stereocenters. The molecule has 0 aliphatic rings. The molecule has 0 aliphatic heterocycles. The van der Waals surface area contributed by atoms with Gasteiger partial charge >= 0.3 is 17.9 Å². The summed E-state index contributed by atoms with van der Waals surface area (Å²) in [4.78, 5) is 249. The number of carbonyl (C=O) groups excluding carboxylic acids is 13. The number of carboxylic acid groups (broad SMARTS) is 3. The van der Waals surface area contributed by atoms with E-state index < -0.39 is 407 Å². The van der Waals surface area contributed by atoms with Crippen molar-refractivity contribution < 1.29 is 189 Å². The first kappa shape index (κ1) is 126. The first-order valence-corrected chi connectivity index (χ1v) is 45.6. The minimum absolute atomic E-state index is 0.00684. The second kappa shape index (κ2) is 64.9. The van der Waals surface area contributed by atoms with E-state index in [2.05, 4.69) is 107 Å². The van der Waals surface area contributed by atoms with Gasteiger partial charge in [0, 0.05) is 107 Å². The van der Waals surface area contributed by atoms with Gasteiger partial charge in [-0.05, 0) is 89.0 Å². The molecule has 144 heavy (non-hydrogen) atoms. The quantitative estimate of drug-likeness (QED) is 0.0108. The Morgan fingerprint density at radius 3 is 1.10 bits per heavy atom. The molecule has 0 fully saturated rings. The van der Waals surface area contributed by atoms with Crippen LogP contribution in [-0.4, -0.2) is 444 Å². The van der Waals surface area contributed by atoms with E-state index in [4.69, 9.17) is 22.0 Å². The number of nitrogens with one attached hydrogen (secondary N) is 17. The summed E-state index contributed by atoms with van der Waals surface area (Å²) in [6.07, 6.45) is -42.9. The fourth-order valence-corrected chi connectivity index (χ4v) is 13.3. The number of hydrogen-bond donors (Lipinski definition) is 42. The number of nitrogen functional groups attached to an aromatic ring is 1. The Morgan fingerprint density at radius 1 is 0.410 bits per heavy atom. The SMILES string of the molecule is CC(CCC(=O)NC(CCC(=O)NCC(O)C(O)CC(O)CO)C(=O)NC(CCC(=O)O)C(=O)NC(CCC(=O)NCC(O)C(O)C(O)C(O)CO)C(=O)NC(CCCNC(=N)N)C(=O)NC(CCC(=O)NCC(O)C(O)C(O)C(O)CO)C(=O)NC(CCC(=O)O)C(=O)NC(CCC(=O)NCC(O)C(O)C(O)C(O)CO)C(=O)NC(CS)C(=O)O)NC(=O)c1ccc(NCc2cnc3nc(N)[nH]c(=O)c3n2)cc1. The molecule has 1 aromatic carbocycles. The highest BCUT2D eigenvalue weighted by Crippen LogP contribution is 2.18. The number of fused-ring (bicyclic) bond motifs is 1. The van der Waals surface area contributed by atoms with E-state index >= 15 is 9.59 Å². The van der Waals surface area contributed by atoms with Gasteiger partial charge in [-0.2, -0.15) is 17.6 Å². The molecule has 810 valence electrons. The van der Waals surface area contributed by atoms with E-state index in [1.165, 1.54) is 37.4 Å². The lowest BCUT2D eigenvalue weighted by molar-refractivity contribution is -0.142. The number of guanidine groups is 1. The van der Waals surface area contributed by atoms with E-state index in [9.17, 15) is 179 Å². The first-order chi connectivity index (χ1) is 67.8. The predicted molar refractivity (Wildman–Crippen MR) is 494 cm³/mol. The highest BCUT2D eigenvalue weighted by Gasteiger charge is 2.40. The number of carboxylic acids is 3. The molecule has 24 unspecified atom stereocenters. The van der Waals surface area contributed by atoms with Gasteiger partial charge in [0.25, 0.3) is 11.5 Å². The number of aromatic amines is 1. The number of hydrogen-bond acceptors (Lipinski definition) is 43. The van der Waals surface area contributed by atoms with Crippen LogP contribution in [0.3, 0.4) is 0 Å². The molecule has 0 bridgehead atoms. The summed E-state index contributed by atoms with van der Waals surface area (Å²) in [6.45, 7) is -6.56. The van der Waals surface area contributed by atoms with Gasteiger partial charge in [0.2, 0.25) is 76.8 Å². The standard InChI is InChI=1S/C82H132N22O39S/c1-35(93-71(133)36-5-7-37(8-6-36)87-24-38-25-92-70-63(94-38)79(141)104-82(85)103-70)4-15-60(122)95-41(9-16-56(118)88-26-49(111)48(110)23-39(109)30-105)73(135)100-45(13-20-61(123)124)76(138)98-42(10-17-57(119)89-27-50(112)64(127)67(130)53(115)31-106)74(136)96-40(3-2-22-86-81(83)84)72(134)97-43(11-18-58(120)90-28-51(113)65(128)68(131)54(116)32-107)75(137)101-46(14-21-62(125)126)77(139)99-44(78(140)102-47(34-144)80(142)143)12-19-59(121)91-29-52(114)66(129)69(132)55(117)33-108/h5-8,25,35,39-55,64-69,87,105-117,127-132,144H,2-4,9-24,26-34H2,1H3,(H,88,118)(H,89,119)(H,90,120)(H,91,121)(H,93,133)(H,95,122)(H,96,136)(H,97,134)(H,98,138)(H,99,139)(H,100,135)(H,101,137)(H,102,140)(H,123,124)(H,125,126)(H,142,143)(H4,83,84,86)(H3,85,92,103,104,141). The number of aliphatic carboxylic acids is 3. The van der Waals surface area contributed by atoms with E-state index in [1.54, 1.807) is 0 Å². The van der Waals surface area contributed by atoms with Gasteiger partial charge in [-0.3, -0.25) is 87.1 Å². The molecule has 0 radical (unpaired) electrons. The molecule has 0 spiro atoms. The van der Waals surface area contributed by atoms with Crippen LogP contribution in [0.15, 0.2) is 35.3 Å². The number of nitrogens with two attached hydrogens (primary N) is 2. The van der Waals surface area contributed by atoms with Crippen molar-refractivity contribution in [2.24, 2.45) is 5.73 Å². The molecule has 2 aromatic heterocycles. The summed E-state index contributed by atoms with van der Waals surface area (Å²) in [5.74, 6) is -23.1. The van der Waals surface area contributed by atoms with Crippen LogP contribution in [0.2, 0.25) is 0 Å². The van der Waals surface area contributed by atoms with E-state index in [-0.39, 0.29) is 48.6 Å². The average Bonchev–Trinajstić information content (AvgIpc) is 0.806. The normalized spacial score (nSPS) is 16.4. The molecule has 0 aliphatic carbocycles. The molecule has 0 saturated heterocycles. The highest BCUT2D eigenvalue weighted by atomic mass is 32.1. The van der Waals surface area contributed by atoms with Gasteiger partial charge in [0.05, 0.1) is 81.5 Å². The number of carbonyl (C=O) groups is 16. The maximum Gasteiger partial charge on any atom is 0.327 e. The number of anilines is 2. The first-order valence-electron chi connectivity index (χ1n) is 44.9. The number of nitrogens with zero attached hydrogens (tertiary/aromatic N) is 3. The Morgan fingerprint density at radius 2 is 0.750 bits per heavy atom. The van der Waals surface area contributed by atoms with Crippen molar-refractivity contribution in [1.29, 1.82) is 5.41 Å². The fraction of sp³-hybridized carbons (Fsp3) is 0.646. The number of aromatic nitrogens is 4. The summed E-state index contributed by atoms with van der Waals surface area (Å²) < 4.78 is 0. The monoisotopic (exact) mass is 2080 g/mol.